The van der Waals surface area contributed by atoms with Crippen molar-refractivity contribution in [3.8, 4) is 0 Å². The first-order chi connectivity index (χ1) is 6.68. The van der Waals surface area contributed by atoms with Crippen molar-refractivity contribution in [3.63, 3.8) is 0 Å². The van der Waals surface area contributed by atoms with Crippen LogP contribution >= 0.6 is 11.6 Å². The average Bonchev–Trinajstić information content (AvgIpc) is 2.17. The van der Waals surface area contributed by atoms with Crippen molar-refractivity contribution < 1.29 is 0 Å². The van der Waals surface area contributed by atoms with Crippen LogP contribution in [0.4, 0.5) is 0 Å². The fourth-order valence-corrected chi connectivity index (χ4v) is 1.46. The van der Waals surface area contributed by atoms with E-state index in [-0.39, 0.29) is 5.92 Å². The van der Waals surface area contributed by atoms with Gasteiger partial charge < -0.3 is 0 Å². The van der Waals surface area contributed by atoms with E-state index in [0.717, 1.165) is 16.7 Å². The van der Waals surface area contributed by atoms with Gasteiger partial charge >= 0.3 is 0 Å². The van der Waals surface area contributed by atoms with Crippen LogP contribution in [0.1, 0.15) is 25.6 Å². The lowest BCUT2D eigenvalue weighted by atomic mass is 10.2. The maximum atomic E-state index is 6.03. The van der Waals surface area contributed by atoms with Crippen molar-refractivity contribution in [2.75, 3.05) is 0 Å². The predicted octanol–water partition coefficient (Wildman–Crippen LogP) is 2.80. The smallest absolute Gasteiger partial charge is 0.140 e. The molecule has 0 fully saturated rings. The summed E-state index contributed by atoms with van der Waals surface area (Å²) in [5.74, 6) is 1.03. The van der Waals surface area contributed by atoms with Crippen molar-refractivity contribution >= 4 is 22.5 Å². The molecule has 0 unspecified atom stereocenters. The SMILES string of the molecule is CC(C)c1nc(Cl)c2ccncc2n1. The van der Waals surface area contributed by atoms with Gasteiger partial charge in [0.05, 0.1) is 11.7 Å². The van der Waals surface area contributed by atoms with Crippen LogP contribution in [0, 0.1) is 0 Å². The standard InChI is InChI=1S/C10H10ClN3/c1-6(2)10-13-8-5-12-4-3-7(8)9(11)14-10/h3-6H,1-2H3. The Morgan fingerprint density at radius 3 is 2.79 bits per heavy atom. The molecule has 2 aromatic heterocycles. The van der Waals surface area contributed by atoms with E-state index in [1.807, 2.05) is 19.9 Å². The Hall–Kier alpha value is -1.22. The number of nitrogens with zero attached hydrogens (tertiary/aromatic N) is 3. The lowest BCUT2D eigenvalue weighted by Gasteiger charge is -2.05. The lowest BCUT2D eigenvalue weighted by Crippen LogP contribution is -1.98. The zero-order valence-electron chi connectivity index (χ0n) is 8.03. The summed E-state index contributed by atoms with van der Waals surface area (Å²) < 4.78 is 0. The Labute approximate surface area is 87.2 Å². The highest BCUT2D eigenvalue weighted by Gasteiger charge is 2.07. The van der Waals surface area contributed by atoms with Gasteiger partial charge in [-0.05, 0) is 6.07 Å². The molecule has 14 heavy (non-hydrogen) atoms. The minimum absolute atomic E-state index is 0.275. The number of aromatic nitrogens is 3. The molecule has 2 rings (SSSR count). The number of hydrogen-bond acceptors (Lipinski definition) is 3. The first kappa shape index (κ1) is 9.34. The van der Waals surface area contributed by atoms with Gasteiger partial charge in [0.2, 0.25) is 0 Å². The summed E-state index contributed by atoms with van der Waals surface area (Å²) in [6.07, 6.45) is 3.39. The van der Waals surface area contributed by atoms with Crippen LogP contribution in [0.2, 0.25) is 5.15 Å². The molecule has 0 atom stereocenters. The summed E-state index contributed by atoms with van der Waals surface area (Å²) >= 11 is 6.03. The zero-order valence-corrected chi connectivity index (χ0v) is 8.78. The van der Waals surface area contributed by atoms with E-state index in [0.29, 0.717) is 5.15 Å². The molecule has 2 aromatic rings. The van der Waals surface area contributed by atoms with Gasteiger partial charge in [-0.15, -0.1) is 0 Å². The molecule has 0 amide bonds. The first-order valence-corrected chi connectivity index (χ1v) is 4.83. The molecule has 0 aromatic carbocycles. The number of halogens is 1. The van der Waals surface area contributed by atoms with Crippen LogP contribution in [0.5, 0.6) is 0 Å². The van der Waals surface area contributed by atoms with E-state index in [2.05, 4.69) is 15.0 Å². The van der Waals surface area contributed by atoms with E-state index in [4.69, 9.17) is 11.6 Å². The molecule has 4 heteroatoms. The molecule has 0 N–H and O–H groups in total. The summed E-state index contributed by atoms with van der Waals surface area (Å²) in [7, 11) is 0. The van der Waals surface area contributed by atoms with Gasteiger partial charge in [0.15, 0.2) is 0 Å². The van der Waals surface area contributed by atoms with Crippen molar-refractivity contribution in [3.05, 3.63) is 29.4 Å². The van der Waals surface area contributed by atoms with E-state index in [9.17, 15) is 0 Å². The number of hydrogen-bond donors (Lipinski definition) is 0. The Bertz CT molecular complexity index is 468. The van der Waals surface area contributed by atoms with Crippen molar-refractivity contribution in [2.24, 2.45) is 0 Å². The lowest BCUT2D eigenvalue weighted by molar-refractivity contribution is 0.783. The molecule has 0 radical (unpaired) electrons. The van der Waals surface area contributed by atoms with Crippen LogP contribution in [0.15, 0.2) is 18.5 Å². The molecule has 0 spiro atoms. The van der Waals surface area contributed by atoms with Crippen molar-refractivity contribution in [1.29, 1.82) is 0 Å². The topological polar surface area (TPSA) is 38.7 Å². The third kappa shape index (κ3) is 1.55. The zero-order chi connectivity index (χ0) is 10.1. The predicted molar refractivity (Wildman–Crippen MR) is 56.4 cm³/mol. The van der Waals surface area contributed by atoms with Gasteiger partial charge in [0.1, 0.15) is 11.0 Å². The molecule has 0 aliphatic rings. The molecule has 0 bridgehead atoms. The van der Waals surface area contributed by atoms with Gasteiger partial charge in [-0.3, -0.25) is 4.98 Å². The summed E-state index contributed by atoms with van der Waals surface area (Å²) in [5, 5.41) is 1.35. The second kappa shape index (κ2) is 3.50. The fourth-order valence-electron chi connectivity index (χ4n) is 1.22. The van der Waals surface area contributed by atoms with Gasteiger partial charge in [-0.25, -0.2) is 9.97 Å². The average molecular weight is 208 g/mol. The summed E-state index contributed by atoms with van der Waals surface area (Å²) in [6, 6.07) is 1.82. The summed E-state index contributed by atoms with van der Waals surface area (Å²) in [6.45, 7) is 4.07. The Kier molecular flexibility index (Phi) is 2.33. The molecule has 0 saturated heterocycles. The summed E-state index contributed by atoms with van der Waals surface area (Å²) in [4.78, 5) is 12.6. The maximum absolute atomic E-state index is 6.03. The Balaban J connectivity index is 2.72. The first-order valence-electron chi connectivity index (χ1n) is 4.45. The van der Waals surface area contributed by atoms with Crippen LogP contribution in [0.25, 0.3) is 10.9 Å². The highest BCUT2D eigenvalue weighted by Crippen LogP contribution is 2.21. The number of pyridine rings is 1. The third-order valence-electron chi connectivity index (χ3n) is 1.99. The van der Waals surface area contributed by atoms with E-state index in [1.165, 1.54) is 0 Å². The highest BCUT2D eigenvalue weighted by atomic mass is 35.5. The largest absolute Gasteiger partial charge is 0.262 e. The Morgan fingerprint density at radius 1 is 1.29 bits per heavy atom. The molecule has 0 aliphatic carbocycles. The quantitative estimate of drug-likeness (QED) is 0.675. The minimum atomic E-state index is 0.275. The van der Waals surface area contributed by atoms with E-state index < -0.39 is 0 Å². The molecule has 0 aliphatic heterocycles. The fraction of sp³-hybridized carbons (Fsp3) is 0.300. The minimum Gasteiger partial charge on any atom is -0.262 e. The molecule has 2 heterocycles. The van der Waals surface area contributed by atoms with Crippen molar-refractivity contribution in [2.45, 2.75) is 19.8 Å². The number of fused-ring (bicyclic) bond motifs is 1. The Morgan fingerprint density at radius 2 is 2.07 bits per heavy atom. The highest BCUT2D eigenvalue weighted by molar-refractivity contribution is 6.34. The molecule has 72 valence electrons. The molecular formula is C10H10ClN3. The van der Waals surface area contributed by atoms with Crippen LogP contribution < -0.4 is 0 Å². The van der Waals surface area contributed by atoms with E-state index >= 15 is 0 Å². The van der Waals surface area contributed by atoms with Gasteiger partial charge in [0.25, 0.3) is 0 Å². The van der Waals surface area contributed by atoms with Gasteiger partial charge in [-0.2, -0.15) is 0 Å². The van der Waals surface area contributed by atoms with Crippen LogP contribution in [-0.4, -0.2) is 15.0 Å². The maximum Gasteiger partial charge on any atom is 0.140 e. The third-order valence-corrected chi connectivity index (χ3v) is 2.27. The second-order valence-corrected chi connectivity index (χ2v) is 3.78. The molecular weight excluding hydrogens is 198 g/mol. The van der Waals surface area contributed by atoms with Crippen molar-refractivity contribution in [1.82, 2.24) is 15.0 Å². The van der Waals surface area contributed by atoms with Crippen LogP contribution in [0.3, 0.4) is 0 Å². The number of rotatable bonds is 1. The second-order valence-electron chi connectivity index (χ2n) is 3.42. The van der Waals surface area contributed by atoms with E-state index in [1.54, 1.807) is 12.4 Å². The monoisotopic (exact) mass is 207 g/mol. The van der Waals surface area contributed by atoms with Crippen LogP contribution in [-0.2, 0) is 0 Å². The van der Waals surface area contributed by atoms with Gasteiger partial charge in [-0.1, -0.05) is 25.4 Å². The normalized spacial score (nSPS) is 11.1. The molecule has 0 saturated carbocycles. The molecule has 3 nitrogen and oxygen atoms in total. The summed E-state index contributed by atoms with van der Waals surface area (Å²) in [5.41, 5.74) is 0.802. The van der Waals surface area contributed by atoms with Gasteiger partial charge in [0, 0.05) is 17.5 Å².